The highest BCUT2D eigenvalue weighted by Gasteiger charge is 2.19. The van der Waals surface area contributed by atoms with Crippen molar-refractivity contribution in [2.24, 2.45) is 0 Å². The Hall–Kier alpha value is -0.720. The third-order valence-corrected chi connectivity index (χ3v) is 2.97. The summed E-state index contributed by atoms with van der Waals surface area (Å²) in [7, 11) is 2.41. The molecular weight excluding hydrogens is 219 g/mol. The average molecular weight is 237 g/mol. The van der Waals surface area contributed by atoms with Gasteiger partial charge in [0.15, 0.2) is 5.78 Å². The Kier molecular flexibility index (Phi) is 4.64. The van der Waals surface area contributed by atoms with Crippen LogP contribution in [0.3, 0.4) is 0 Å². The lowest BCUT2D eigenvalue weighted by Crippen LogP contribution is -2.20. The fraction of sp³-hybridized carbons (Fsp3) is 0.385. The molecule has 2 atom stereocenters. The lowest BCUT2D eigenvalue weighted by Gasteiger charge is -2.15. The standard InChI is InChI=1S/C13H18O2P/c1-5-15-13(16)12(14)11-9(3)6-8(2)7-10(11)4/h6-7,13H,1,5,16H2,2-4H3. The second kappa shape index (κ2) is 5.56. The van der Waals surface area contributed by atoms with E-state index < -0.39 is 5.85 Å². The number of carbonyl (C=O) groups is 1. The highest BCUT2D eigenvalue weighted by atomic mass is 31.0. The zero-order valence-electron chi connectivity index (χ0n) is 10.0. The summed E-state index contributed by atoms with van der Waals surface area (Å²) >= 11 is 0. The summed E-state index contributed by atoms with van der Waals surface area (Å²) < 4.78 is 5.20. The largest absolute Gasteiger partial charge is 0.366 e. The van der Waals surface area contributed by atoms with Crippen LogP contribution in [-0.4, -0.2) is 18.2 Å². The van der Waals surface area contributed by atoms with Crippen molar-refractivity contribution in [3.8, 4) is 0 Å². The molecule has 0 saturated carbocycles. The van der Waals surface area contributed by atoms with Gasteiger partial charge in [-0.25, -0.2) is 0 Å². The zero-order valence-corrected chi connectivity index (χ0v) is 11.2. The first-order valence-electron chi connectivity index (χ1n) is 5.26. The van der Waals surface area contributed by atoms with Crippen molar-refractivity contribution in [1.82, 2.24) is 0 Å². The van der Waals surface area contributed by atoms with E-state index in [9.17, 15) is 4.79 Å². The molecule has 0 aliphatic heterocycles. The number of hydrogen-bond acceptors (Lipinski definition) is 2. The van der Waals surface area contributed by atoms with Crippen LogP contribution in [0.15, 0.2) is 12.1 Å². The van der Waals surface area contributed by atoms with Crippen LogP contribution in [0.5, 0.6) is 0 Å². The summed E-state index contributed by atoms with van der Waals surface area (Å²) in [5.41, 5.74) is 3.94. The van der Waals surface area contributed by atoms with Crippen molar-refractivity contribution in [1.29, 1.82) is 0 Å². The van der Waals surface area contributed by atoms with Gasteiger partial charge in [-0.1, -0.05) is 26.9 Å². The minimum atomic E-state index is -0.502. The summed E-state index contributed by atoms with van der Waals surface area (Å²) in [5, 5.41) is 0. The number of aryl methyl sites for hydroxylation is 3. The lowest BCUT2D eigenvalue weighted by molar-refractivity contribution is 0.0732. The number of ether oxygens (including phenoxy) is 1. The van der Waals surface area contributed by atoms with Crippen LogP contribution in [0.2, 0.25) is 0 Å². The predicted octanol–water partition coefficient (Wildman–Crippen LogP) is 2.85. The molecule has 1 aromatic rings. The fourth-order valence-corrected chi connectivity index (χ4v) is 2.22. The van der Waals surface area contributed by atoms with E-state index in [0.717, 1.165) is 16.7 Å². The van der Waals surface area contributed by atoms with Crippen LogP contribution < -0.4 is 0 Å². The van der Waals surface area contributed by atoms with Gasteiger partial charge in [-0.2, -0.15) is 0 Å². The van der Waals surface area contributed by atoms with E-state index in [1.54, 1.807) is 0 Å². The molecule has 0 heterocycles. The first kappa shape index (κ1) is 13.3. The number of Topliss-reactive ketones (excluding diaryl/α,β-unsaturated/α-hetero) is 1. The monoisotopic (exact) mass is 237 g/mol. The van der Waals surface area contributed by atoms with Crippen LogP contribution in [0, 0.1) is 27.7 Å². The second-order valence-electron chi connectivity index (χ2n) is 3.93. The third kappa shape index (κ3) is 2.90. The average Bonchev–Trinajstić information content (AvgIpc) is 2.16. The molecule has 0 aliphatic rings. The molecule has 0 spiro atoms. The van der Waals surface area contributed by atoms with Gasteiger partial charge >= 0.3 is 0 Å². The maximum atomic E-state index is 12.1. The SMILES string of the molecule is [CH2]COC(P)C(=O)c1c(C)cc(C)cc1C. The molecule has 3 heteroatoms. The topological polar surface area (TPSA) is 26.3 Å². The number of rotatable bonds is 4. The van der Waals surface area contributed by atoms with Crippen LogP contribution in [-0.2, 0) is 4.74 Å². The van der Waals surface area contributed by atoms with Gasteiger partial charge in [0.25, 0.3) is 0 Å². The van der Waals surface area contributed by atoms with E-state index in [4.69, 9.17) is 4.74 Å². The summed E-state index contributed by atoms with van der Waals surface area (Å²) in [4.78, 5) is 12.1. The molecule has 2 unspecified atom stereocenters. The van der Waals surface area contributed by atoms with E-state index in [1.807, 2.05) is 32.9 Å². The Bertz CT molecular complexity index is 376. The van der Waals surface area contributed by atoms with Crippen molar-refractivity contribution in [3.05, 3.63) is 41.3 Å². The van der Waals surface area contributed by atoms with Crippen LogP contribution in [0.1, 0.15) is 27.0 Å². The fourth-order valence-electron chi connectivity index (χ4n) is 1.91. The molecule has 2 nitrogen and oxygen atoms in total. The Morgan fingerprint density at radius 3 is 2.31 bits per heavy atom. The maximum Gasteiger partial charge on any atom is 0.195 e. The Labute approximate surface area is 99.6 Å². The van der Waals surface area contributed by atoms with E-state index in [2.05, 4.69) is 16.2 Å². The van der Waals surface area contributed by atoms with Gasteiger partial charge in [-0.05, 0) is 38.8 Å². The predicted molar refractivity (Wildman–Crippen MR) is 69.8 cm³/mol. The first-order chi connectivity index (χ1) is 7.47. The Balaban J connectivity index is 3.08. The van der Waals surface area contributed by atoms with Crippen LogP contribution >= 0.6 is 9.24 Å². The van der Waals surface area contributed by atoms with Crippen molar-refractivity contribution < 1.29 is 9.53 Å². The molecule has 87 valence electrons. The molecule has 16 heavy (non-hydrogen) atoms. The minimum absolute atomic E-state index is 0.00338. The zero-order chi connectivity index (χ0) is 12.3. The molecule has 0 N–H and O–H groups in total. The molecule has 0 aliphatic carbocycles. The van der Waals surface area contributed by atoms with Crippen LogP contribution in [0.4, 0.5) is 0 Å². The number of benzene rings is 1. The normalized spacial score (nSPS) is 12.6. The maximum absolute atomic E-state index is 12.1. The van der Waals surface area contributed by atoms with Gasteiger partial charge in [-0.3, -0.25) is 4.79 Å². The molecule has 1 rings (SSSR count). The molecule has 1 aromatic carbocycles. The van der Waals surface area contributed by atoms with Gasteiger partial charge < -0.3 is 4.74 Å². The molecule has 1 radical (unpaired) electrons. The summed E-state index contributed by atoms with van der Waals surface area (Å²) in [6, 6.07) is 4.03. The Morgan fingerprint density at radius 1 is 1.38 bits per heavy atom. The van der Waals surface area contributed by atoms with E-state index in [0.29, 0.717) is 6.61 Å². The first-order valence-corrected chi connectivity index (χ1v) is 5.92. The lowest BCUT2D eigenvalue weighted by atomic mass is 9.97. The van der Waals surface area contributed by atoms with Crippen molar-refractivity contribution in [2.45, 2.75) is 26.6 Å². The molecular formula is C13H18O2P. The summed E-state index contributed by atoms with van der Waals surface area (Å²) in [5.74, 6) is -0.499. The van der Waals surface area contributed by atoms with Crippen molar-refractivity contribution in [3.63, 3.8) is 0 Å². The van der Waals surface area contributed by atoms with Gasteiger partial charge in [0.2, 0.25) is 0 Å². The third-order valence-electron chi connectivity index (χ3n) is 2.48. The van der Waals surface area contributed by atoms with Crippen molar-refractivity contribution >= 4 is 15.0 Å². The Morgan fingerprint density at radius 2 is 1.88 bits per heavy atom. The molecule has 0 bridgehead atoms. The highest BCUT2D eigenvalue weighted by Crippen LogP contribution is 2.21. The quantitative estimate of drug-likeness (QED) is 0.594. The number of hydrogen-bond donors (Lipinski definition) is 0. The van der Waals surface area contributed by atoms with E-state index in [1.165, 1.54) is 5.56 Å². The molecule has 0 aromatic heterocycles. The molecule has 0 amide bonds. The number of carbonyl (C=O) groups excluding carboxylic acids is 1. The van der Waals surface area contributed by atoms with Gasteiger partial charge in [0, 0.05) is 12.2 Å². The van der Waals surface area contributed by atoms with Gasteiger partial charge in [0.05, 0.1) is 0 Å². The van der Waals surface area contributed by atoms with Crippen molar-refractivity contribution in [2.75, 3.05) is 6.61 Å². The highest BCUT2D eigenvalue weighted by molar-refractivity contribution is 7.19. The summed E-state index contributed by atoms with van der Waals surface area (Å²) in [6.45, 7) is 9.80. The molecule has 0 fully saturated rings. The minimum Gasteiger partial charge on any atom is -0.366 e. The molecule has 0 saturated heterocycles. The number of ketones is 1. The second-order valence-corrected chi connectivity index (χ2v) is 4.53. The smallest absolute Gasteiger partial charge is 0.195 e. The van der Waals surface area contributed by atoms with E-state index >= 15 is 0 Å². The van der Waals surface area contributed by atoms with E-state index in [-0.39, 0.29) is 5.78 Å². The van der Waals surface area contributed by atoms with Gasteiger partial charge in [0.1, 0.15) is 5.85 Å². The summed E-state index contributed by atoms with van der Waals surface area (Å²) in [6.07, 6.45) is 0. The van der Waals surface area contributed by atoms with Crippen LogP contribution in [0.25, 0.3) is 0 Å². The van der Waals surface area contributed by atoms with Gasteiger partial charge in [-0.15, -0.1) is 0 Å².